The van der Waals surface area contributed by atoms with Gasteiger partial charge in [0.1, 0.15) is 0 Å². The lowest BCUT2D eigenvalue weighted by atomic mass is 10.2. The molecule has 0 radical (unpaired) electrons. The zero-order valence-electron chi connectivity index (χ0n) is 15.8. The molecular weight excluding hydrogens is 378 g/mol. The minimum Gasteiger partial charge on any atom is -0.456 e. The number of aryl methyl sites for hydroxylation is 1. The van der Waals surface area contributed by atoms with Crippen LogP contribution in [0.1, 0.15) is 24.8 Å². The molecule has 29 heavy (non-hydrogen) atoms. The van der Waals surface area contributed by atoms with Crippen LogP contribution in [-0.4, -0.2) is 29.3 Å². The van der Waals surface area contributed by atoms with Gasteiger partial charge in [-0.25, -0.2) is 0 Å². The zero-order valence-corrected chi connectivity index (χ0v) is 15.8. The van der Waals surface area contributed by atoms with E-state index in [0.29, 0.717) is 11.4 Å². The van der Waals surface area contributed by atoms with Crippen molar-refractivity contribution in [2.45, 2.75) is 26.2 Å². The molecule has 2 aromatic carbocycles. The van der Waals surface area contributed by atoms with Crippen molar-refractivity contribution in [1.29, 1.82) is 0 Å². The summed E-state index contributed by atoms with van der Waals surface area (Å²) in [4.78, 5) is 45.6. The number of rotatable bonds is 9. The first kappa shape index (κ1) is 21.5. The van der Waals surface area contributed by atoms with Crippen LogP contribution in [0.4, 0.5) is 17.1 Å². The molecule has 0 aromatic heterocycles. The van der Waals surface area contributed by atoms with E-state index < -0.39 is 23.4 Å². The van der Waals surface area contributed by atoms with Crippen LogP contribution in [0.2, 0.25) is 0 Å². The van der Waals surface area contributed by atoms with Crippen LogP contribution in [0.25, 0.3) is 0 Å². The number of non-ortho nitro benzene ring substituents is 1. The highest BCUT2D eigenvalue weighted by Gasteiger charge is 2.11. The second-order valence-corrected chi connectivity index (χ2v) is 6.23. The Bertz CT molecular complexity index is 913. The highest BCUT2D eigenvalue weighted by atomic mass is 16.6. The molecule has 0 unspecified atom stereocenters. The maximum absolute atomic E-state index is 11.9. The number of nitrogens with zero attached hydrogens (tertiary/aromatic N) is 1. The van der Waals surface area contributed by atoms with Crippen LogP contribution in [-0.2, 0) is 19.1 Å². The van der Waals surface area contributed by atoms with Crippen molar-refractivity contribution < 1.29 is 24.0 Å². The minimum absolute atomic E-state index is 0.0278. The largest absolute Gasteiger partial charge is 0.456 e. The fourth-order valence-corrected chi connectivity index (χ4v) is 2.43. The van der Waals surface area contributed by atoms with Crippen molar-refractivity contribution in [3.63, 3.8) is 0 Å². The zero-order chi connectivity index (χ0) is 21.2. The number of nitro groups is 1. The normalized spacial score (nSPS) is 10.1. The topological polar surface area (TPSA) is 128 Å². The summed E-state index contributed by atoms with van der Waals surface area (Å²) in [5.41, 5.74) is 1.71. The van der Waals surface area contributed by atoms with E-state index in [0.717, 1.165) is 5.56 Å². The van der Waals surface area contributed by atoms with Crippen molar-refractivity contribution in [3.8, 4) is 0 Å². The maximum Gasteiger partial charge on any atom is 0.306 e. The third-order valence-electron chi connectivity index (χ3n) is 3.91. The predicted molar refractivity (Wildman–Crippen MR) is 106 cm³/mol. The summed E-state index contributed by atoms with van der Waals surface area (Å²) in [5.74, 6) is -1.42. The lowest BCUT2D eigenvalue weighted by molar-refractivity contribution is -0.384. The highest BCUT2D eigenvalue weighted by Crippen LogP contribution is 2.17. The van der Waals surface area contributed by atoms with Crippen molar-refractivity contribution in [3.05, 3.63) is 64.2 Å². The Kier molecular flexibility index (Phi) is 7.84. The number of benzene rings is 2. The minimum atomic E-state index is -0.590. The second kappa shape index (κ2) is 10.5. The van der Waals surface area contributed by atoms with Crippen molar-refractivity contribution in [2.24, 2.45) is 0 Å². The molecule has 9 heteroatoms. The molecule has 0 fully saturated rings. The van der Waals surface area contributed by atoms with Gasteiger partial charge in [-0.1, -0.05) is 24.3 Å². The number of hydrogen-bond acceptors (Lipinski definition) is 6. The van der Waals surface area contributed by atoms with Crippen LogP contribution in [0.5, 0.6) is 0 Å². The van der Waals surface area contributed by atoms with Gasteiger partial charge in [0, 0.05) is 36.3 Å². The number of anilines is 2. The first-order valence-corrected chi connectivity index (χ1v) is 8.90. The molecule has 152 valence electrons. The van der Waals surface area contributed by atoms with E-state index in [-0.39, 0.29) is 30.9 Å². The van der Waals surface area contributed by atoms with Crippen LogP contribution in [0.3, 0.4) is 0 Å². The van der Waals surface area contributed by atoms with E-state index in [1.807, 2.05) is 19.1 Å². The number of nitrogens with one attached hydrogen (secondary N) is 2. The van der Waals surface area contributed by atoms with Gasteiger partial charge in [-0.15, -0.1) is 0 Å². The number of esters is 1. The highest BCUT2D eigenvalue weighted by molar-refractivity contribution is 5.93. The average molecular weight is 399 g/mol. The lowest BCUT2D eigenvalue weighted by Gasteiger charge is -2.09. The molecular formula is C20H21N3O6. The summed E-state index contributed by atoms with van der Waals surface area (Å²) in [6.45, 7) is 1.44. The van der Waals surface area contributed by atoms with Gasteiger partial charge < -0.3 is 15.4 Å². The van der Waals surface area contributed by atoms with E-state index in [4.69, 9.17) is 4.74 Å². The van der Waals surface area contributed by atoms with E-state index in [1.54, 1.807) is 12.1 Å². The molecule has 0 aliphatic heterocycles. The molecule has 0 aliphatic rings. The number of carbonyl (C=O) groups is 3. The molecule has 0 atom stereocenters. The average Bonchev–Trinajstić information content (AvgIpc) is 2.68. The summed E-state index contributed by atoms with van der Waals surface area (Å²) in [5, 5.41) is 15.9. The Labute approximate surface area is 167 Å². The molecule has 0 saturated carbocycles. The van der Waals surface area contributed by atoms with Gasteiger partial charge in [0.05, 0.1) is 4.92 Å². The van der Waals surface area contributed by atoms with Gasteiger partial charge in [-0.2, -0.15) is 0 Å². The Morgan fingerprint density at radius 2 is 1.76 bits per heavy atom. The van der Waals surface area contributed by atoms with E-state index in [9.17, 15) is 24.5 Å². The van der Waals surface area contributed by atoms with E-state index >= 15 is 0 Å². The fraction of sp³-hybridized carbons (Fsp3) is 0.250. The van der Waals surface area contributed by atoms with Crippen LogP contribution >= 0.6 is 0 Å². The Balaban J connectivity index is 1.67. The molecule has 2 aromatic rings. The first-order valence-electron chi connectivity index (χ1n) is 8.90. The third kappa shape index (κ3) is 7.41. The first-order chi connectivity index (χ1) is 13.8. The summed E-state index contributed by atoms with van der Waals surface area (Å²) in [6, 6.07) is 12.8. The molecule has 2 amide bonds. The van der Waals surface area contributed by atoms with Gasteiger partial charge in [0.25, 0.3) is 11.6 Å². The Morgan fingerprint density at radius 1 is 1.00 bits per heavy atom. The van der Waals surface area contributed by atoms with Gasteiger partial charge in [-0.05, 0) is 31.0 Å². The molecule has 2 rings (SSSR count). The van der Waals surface area contributed by atoms with Gasteiger partial charge in [-0.3, -0.25) is 24.5 Å². The van der Waals surface area contributed by atoms with Crippen LogP contribution < -0.4 is 10.6 Å². The molecule has 0 aliphatic carbocycles. The number of amides is 2. The van der Waals surface area contributed by atoms with Gasteiger partial charge in [0.15, 0.2) is 6.61 Å². The monoisotopic (exact) mass is 399 g/mol. The third-order valence-corrected chi connectivity index (χ3v) is 3.91. The second-order valence-electron chi connectivity index (χ2n) is 6.23. The smallest absolute Gasteiger partial charge is 0.306 e. The van der Waals surface area contributed by atoms with Gasteiger partial charge in [0.2, 0.25) is 5.91 Å². The summed E-state index contributed by atoms with van der Waals surface area (Å²) >= 11 is 0. The van der Waals surface area contributed by atoms with E-state index in [2.05, 4.69) is 10.6 Å². The molecule has 0 spiro atoms. The number of hydrogen-bond donors (Lipinski definition) is 2. The summed E-state index contributed by atoms with van der Waals surface area (Å²) in [7, 11) is 0. The predicted octanol–water partition coefficient (Wildman–Crippen LogP) is 3.19. The number of para-hydroxylation sites is 1. The number of nitro benzene ring substituents is 1. The summed E-state index contributed by atoms with van der Waals surface area (Å²) in [6.07, 6.45) is 0.228. The quantitative estimate of drug-likeness (QED) is 0.379. The van der Waals surface area contributed by atoms with Crippen LogP contribution in [0, 0.1) is 17.0 Å². The van der Waals surface area contributed by atoms with Crippen LogP contribution in [0.15, 0.2) is 48.5 Å². The Morgan fingerprint density at radius 3 is 2.48 bits per heavy atom. The summed E-state index contributed by atoms with van der Waals surface area (Å²) < 4.78 is 4.90. The van der Waals surface area contributed by atoms with E-state index in [1.165, 1.54) is 24.3 Å². The molecule has 9 nitrogen and oxygen atoms in total. The maximum atomic E-state index is 11.9. The van der Waals surface area contributed by atoms with Crippen molar-refractivity contribution >= 4 is 34.8 Å². The van der Waals surface area contributed by atoms with Gasteiger partial charge >= 0.3 is 5.97 Å². The SMILES string of the molecule is Cc1ccccc1NC(=O)COC(=O)CCCC(=O)Nc1cccc([N+](=O)[O-])c1. The van der Waals surface area contributed by atoms with Crippen molar-refractivity contribution in [2.75, 3.05) is 17.2 Å². The lowest BCUT2D eigenvalue weighted by Crippen LogP contribution is -2.21. The molecule has 2 N–H and O–H groups in total. The van der Waals surface area contributed by atoms with Crippen molar-refractivity contribution in [1.82, 2.24) is 0 Å². The number of carbonyl (C=O) groups excluding carboxylic acids is 3. The molecule has 0 heterocycles. The number of ether oxygens (including phenoxy) is 1. The standard InChI is InChI=1S/C20H21N3O6/c1-14-6-2-3-9-17(14)22-19(25)13-29-20(26)11-5-10-18(24)21-15-7-4-8-16(12-15)23(27)28/h2-4,6-9,12H,5,10-11,13H2,1H3,(H,21,24)(H,22,25). The Hall–Kier alpha value is -3.75. The molecule has 0 bridgehead atoms. The molecule has 0 saturated heterocycles. The fourth-order valence-electron chi connectivity index (χ4n) is 2.43.